The van der Waals surface area contributed by atoms with E-state index in [4.69, 9.17) is 5.11 Å². The van der Waals surface area contributed by atoms with Crippen molar-refractivity contribution in [3.8, 4) is 0 Å². The van der Waals surface area contributed by atoms with E-state index in [9.17, 15) is 19.3 Å². The summed E-state index contributed by atoms with van der Waals surface area (Å²) in [5.74, 6) is -2.32. The summed E-state index contributed by atoms with van der Waals surface area (Å²) in [4.78, 5) is 20.8. The molecule has 0 saturated carbocycles. The Morgan fingerprint density at radius 2 is 2.17 bits per heavy atom. The second-order valence-electron chi connectivity index (χ2n) is 4.19. The summed E-state index contributed by atoms with van der Waals surface area (Å²) in [5.41, 5.74) is -1.18. The first kappa shape index (κ1) is 13.9. The maximum absolute atomic E-state index is 13.4. The molecule has 1 aromatic carbocycles. The first-order valence-electron chi connectivity index (χ1n) is 5.28. The van der Waals surface area contributed by atoms with Crippen molar-refractivity contribution in [2.75, 3.05) is 11.9 Å². The summed E-state index contributed by atoms with van der Waals surface area (Å²) in [6.07, 6.45) is 0. The molecule has 0 fully saturated rings. The van der Waals surface area contributed by atoms with Crippen LogP contribution in [0.2, 0.25) is 0 Å². The molecular formula is C11H13FN2O4. The summed E-state index contributed by atoms with van der Waals surface area (Å²) in [6.45, 7) is 4.20. The first-order valence-corrected chi connectivity index (χ1v) is 5.28. The summed E-state index contributed by atoms with van der Waals surface area (Å²) in [6, 6.07) is 1.56. The second-order valence-corrected chi connectivity index (χ2v) is 4.19. The molecule has 6 nitrogen and oxygen atoms in total. The Labute approximate surface area is 103 Å². The normalized spacial score (nSPS) is 10.4. The average Bonchev–Trinajstić information content (AvgIpc) is 2.25. The molecule has 2 N–H and O–H groups in total. The molecule has 0 atom stereocenters. The van der Waals surface area contributed by atoms with Crippen LogP contribution < -0.4 is 5.32 Å². The van der Waals surface area contributed by atoms with Gasteiger partial charge in [0.25, 0.3) is 5.69 Å². The third-order valence-electron chi connectivity index (χ3n) is 2.21. The van der Waals surface area contributed by atoms with E-state index in [1.54, 1.807) is 0 Å². The summed E-state index contributed by atoms with van der Waals surface area (Å²) < 4.78 is 13.4. The zero-order valence-corrected chi connectivity index (χ0v) is 9.94. The number of hydrogen-bond acceptors (Lipinski definition) is 4. The number of carboxylic acids is 1. The standard InChI is InChI=1S/C11H13FN2O4/c1-6(2)5-13-9-4-8(12)7(11(15)16)3-10(9)14(17)18/h3-4,6,13H,5H2,1-2H3,(H,15,16). The van der Waals surface area contributed by atoms with E-state index < -0.39 is 28.0 Å². The molecule has 0 aliphatic carbocycles. The van der Waals surface area contributed by atoms with Gasteiger partial charge in [-0.2, -0.15) is 0 Å². The minimum absolute atomic E-state index is 0.0174. The van der Waals surface area contributed by atoms with Crippen molar-refractivity contribution in [2.24, 2.45) is 5.92 Å². The number of nitrogens with one attached hydrogen (secondary N) is 1. The van der Waals surface area contributed by atoms with Crippen molar-refractivity contribution in [1.82, 2.24) is 0 Å². The van der Waals surface area contributed by atoms with Crippen LogP contribution in [0.4, 0.5) is 15.8 Å². The smallest absolute Gasteiger partial charge is 0.338 e. The molecule has 18 heavy (non-hydrogen) atoms. The topological polar surface area (TPSA) is 92.5 Å². The first-order chi connectivity index (χ1) is 8.32. The summed E-state index contributed by atoms with van der Waals surface area (Å²) >= 11 is 0. The lowest BCUT2D eigenvalue weighted by molar-refractivity contribution is -0.384. The van der Waals surface area contributed by atoms with Crippen LogP contribution in [-0.4, -0.2) is 22.5 Å². The molecule has 0 saturated heterocycles. The van der Waals surface area contributed by atoms with E-state index in [-0.39, 0.29) is 11.6 Å². The molecule has 0 aliphatic rings. The van der Waals surface area contributed by atoms with Crippen LogP contribution in [-0.2, 0) is 0 Å². The van der Waals surface area contributed by atoms with E-state index in [0.29, 0.717) is 6.54 Å². The van der Waals surface area contributed by atoms with Gasteiger partial charge in [0, 0.05) is 18.7 Å². The molecule has 1 rings (SSSR count). The van der Waals surface area contributed by atoms with Crippen molar-refractivity contribution >= 4 is 17.3 Å². The van der Waals surface area contributed by atoms with Gasteiger partial charge in [0.1, 0.15) is 17.1 Å². The van der Waals surface area contributed by atoms with Crippen LogP contribution in [0.5, 0.6) is 0 Å². The minimum Gasteiger partial charge on any atom is -0.478 e. The van der Waals surface area contributed by atoms with Gasteiger partial charge >= 0.3 is 5.97 Å². The lowest BCUT2D eigenvalue weighted by atomic mass is 10.1. The monoisotopic (exact) mass is 256 g/mol. The highest BCUT2D eigenvalue weighted by Crippen LogP contribution is 2.28. The van der Waals surface area contributed by atoms with Crippen molar-refractivity contribution < 1.29 is 19.2 Å². The number of hydrogen-bond donors (Lipinski definition) is 2. The number of halogens is 1. The highest BCUT2D eigenvalue weighted by Gasteiger charge is 2.21. The van der Waals surface area contributed by atoms with Gasteiger partial charge in [0.15, 0.2) is 0 Å². The minimum atomic E-state index is -1.54. The summed E-state index contributed by atoms with van der Waals surface area (Å²) in [7, 11) is 0. The number of nitro groups is 1. The van der Waals surface area contributed by atoms with Gasteiger partial charge in [-0.25, -0.2) is 9.18 Å². The maximum atomic E-state index is 13.4. The SMILES string of the molecule is CC(C)CNc1cc(F)c(C(=O)O)cc1[N+](=O)[O-]. The molecule has 98 valence electrons. The highest BCUT2D eigenvalue weighted by atomic mass is 19.1. The van der Waals surface area contributed by atoms with Crippen molar-refractivity contribution in [2.45, 2.75) is 13.8 Å². The molecule has 0 bridgehead atoms. The zero-order chi connectivity index (χ0) is 13.9. The van der Waals surface area contributed by atoms with Gasteiger partial charge < -0.3 is 10.4 Å². The zero-order valence-electron chi connectivity index (χ0n) is 9.94. The summed E-state index contributed by atoms with van der Waals surface area (Å²) in [5, 5.41) is 22.2. The molecule has 0 radical (unpaired) electrons. The van der Waals surface area contributed by atoms with Crippen molar-refractivity contribution in [3.63, 3.8) is 0 Å². The van der Waals surface area contributed by atoms with E-state index in [2.05, 4.69) is 5.32 Å². The molecule has 1 aromatic rings. The lowest BCUT2D eigenvalue weighted by Gasteiger charge is -2.10. The maximum Gasteiger partial charge on any atom is 0.338 e. The third kappa shape index (κ3) is 3.16. The lowest BCUT2D eigenvalue weighted by Crippen LogP contribution is -2.11. The van der Waals surface area contributed by atoms with Gasteiger partial charge in [0.05, 0.1) is 4.92 Å². The molecule has 7 heteroatoms. The Balaban J connectivity index is 3.20. The number of aromatic carboxylic acids is 1. The quantitative estimate of drug-likeness (QED) is 0.623. The van der Waals surface area contributed by atoms with Crippen LogP contribution in [0.1, 0.15) is 24.2 Å². The van der Waals surface area contributed by atoms with Crippen LogP contribution in [0, 0.1) is 21.8 Å². The predicted molar refractivity (Wildman–Crippen MR) is 63.3 cm³/mol. The van der Waals surface area contributed by atoms with Crippen molar-refractivity contribution in [3.05, 3.63) is 33.6 Å². The van der Waals surface area contributed by atoms with Crippen molar-refractivity contribution in [1.29, 1.82) is 0 Å². The number of carboxylic acid groups (broad SMARTS) is 1. The molecular weight excluding hydrogens is 243 g/mol. The van der Waals surface area contributed by atoms with Crippen LogP contribution >= 0.6 is 0 Å². The highest BCUT2D eigenvalue weighted by molar-refractivity contribution is 5.90. The largest absolute Gasteiger partial charge is 0.478 e. The Bertz CT molecular complexity index is 488. The predicted octanol–water partition coefficient (Wildman–Crippen LogP) is 2.50. The Kier molecular flexibility index (Phi) is 4.19. The van der Waals surface area contributed by atoms with Gasteiger partial charge in [0.2, 0.25) is 0 Å². The molecule has 0 aromatic heterocycles. The van der Waals surface area contributed by atoms with Gasteiger partial charge in [-0.05, 0) is 5.92 Å². The molecule has 0 heterocycles. The number of rotatable bonds is 5. The molecule has 0 spiro atoms. The fourth-order valence-corrected chi connectivity index (χ4v) is 1.33. The number of nitrogens with zero attached hydrogens (tertiary/aromatic N) is 1. The third-order valence-corrected chi connectivity index (χ3v) is 2.21. The second kappa shape index (κ2) is 5.44. The Morgan fingerprint density at radius 3 is 2.61 bits per heavy atom. The average molecular weight is 256 g/mol. The van der Waals surface area contributed by atoms with E-state index >= 15 is 0 Å². The van der Waals surface area contributed by atoms with Gasteiger partial charge in [-0.3, -0.25) is 10.1 Å². The fourth-order valence-electron chi connectivity index (χ4n) is 1.33. The van der Waals surface area contributed by atoms with Crippen LogP contribution in [0.3, 0.4) is 0 Å². The van der Waals surface area contributed by atoms with Gasteiger partial charge in [-0.1, -0.05) is 13.8 Å². The van der Waals surface area contributed by atoms with Crippen LogP contribution in [0.25, 0.3) is 0 Å². The number of carbonyl (C=O) groups is 1. The van der Waals surface area contributed by atoms with E-state index in [0.717, 1.165) is 12.1 Å². The number of anilines is 1. The van der Waals surface area contributed by atoms with E-state index in [1.807, 2.05) is 13.8 Å². The molecule has 0 aliphatic heterocycles. The van der Waals surface area contributed by atoms with Gasteiger partial charge in [-0.15, -0.1) is 0 Å². The number of nitro benzene ring substituents is 1. The van der Waals surface area contributed by atoms with E-state index in [1.165, 1.54) is 0 Å². The molecule has 0 amide bonds. The Hall–Kier alpha value is -2.18. The fraction of sp³-hybridized carbons (Fsp3) is 0.364. The Morgan fingerprint density at radius 1 is 1.56 bits per heavy atom. The number of benzene rings is 1. The molecule has 0 unspecified atom stereocenters. The van der Waals surface area contributed by atoms with Crippen LogP contribution in [0.15, 0.2) is 12.1 Å².